The van der Waals surface area contributed by atoms with E-state index in [1.807, 2.05) is 18.2 Å². The number of aromatic nitrogens is 2. The number of pyridine rings is 1. The van der Waals surface area contributed by atoms with E-state index in [0.29, 0.717) is 21.3 Å². The summed E-state index contributed by atoms with van der Waals surface area (Å²) in [6, 6.07) is 8.91. The van der Waals surface area contributed by atoms with Crippen molar-refractivity contribution in [3.63, 3.8) is 0 Å². The summed E-state index contributed by atoms with van der Waals surface area (Å²) in [7, 11) is 0. The molecule has 0 aliphatic carbocycles. The van der Waals surface area contributed by atoms with Gasteiger partial charge >= 0.3 is 0 Å². The molecule has 0 aliphatic heterocycles. The molecule has 1 unspecified atom stereocenters. The molecular weight excluding hydrogens is 326 g/mol. The average Bonchev–Trinajstić information content (AvgIpc) is 3.24. The molecule has 0 aromatic carbocycles. The highest BCUT2D eigenvalue weighted by Gasteiger charge is 2.27. The van der Waals surface area contributed by atoms with Gasteiger partial charge in [-0.05, 0) is 38.1 Å². The number of carbonyl (C=O) groups excluding carboxylic acids is 1. The van der Waals surface area contributed by atoms with Gasteiger partial charge in [-0.3, -0.25) is 9.78 Å². The highest BCUT2D eigenvalue weighted by Crippen LogP contribution is 2.26. The lowest BCUT2D eigenvalue weighted by atomic mass is 10.0. The number of thiazole rings is 1. The van der Waals surface area contributed by atoms with Crippen molar-refractivity contribution >= 4 is 17.2 Å². The Kier molecular flexibility index (Phi) is 4.46. The number of hydrogen-bond acceptors (Lipinski definition) is 6. The van der Waals surface area contributed by atoms with Crippen molar-refractivity contribution in [3.8, 4) is 10.7 Å². The Morgan fingerprint density at radius 3 is 2.88 bits per heavy atom. The predicted molar refractivity (Wildman–Crippen MR) is 90.7 cm³/mol. The molecule has 2 N–H and O–H groups in total. The van der Waals surface area contributed by atoms with Gasteiger partial charge in [-0.25, -0.2) is 4.98 Å². The molecule has 0 saturated heterocycles. The molecule has 3 heterocycles. The molecule has 3 rings (SSSR count). The number of hydrogen-bond donors (Lipinski definition) is 2. The Labute approximate surface area is 143 Å². The second-order valence-corrected chi connectivity index (χ2v) is 6.58. The van der Waals surface area contributed by atoms with E-state index in [1.165, 1.54) is 17.6 Å². The van der Waals surface area contributed by atoms with Crippen molar-refractivity contribution in [2.24, 2.45) is 0 Å². The molecule has 0 aliphatic rings. The van der Waals surface area contributed by atoms with Crippen LogP contribution in [0.25, 0.3) is 10.7 Å². The fourth-order valence-electron chi connectivity index (χ4n) is 2.21. The van der Waals surface area contributed by atoms with Crippen LogP contribution in [-0.4, -0.2) is 27.5 Å². The lowest BCUT2D eigenvalue weighted by Gasteiger charge is -2.20. The molecule has 3 aromatic rings. The van der Waals surface area contributed by atoms with Gasteiger partial charge in [-0.1, -0.05) is 6.07 Å². The normalized spacial score (nSPS) is 13.5. The second kappa shape index (κ2) is 6.54. The molecule has 0 fully saturated rings. The van der Waals surface area contributed by atoms with Crippen molar-refractivity contribution in [3.05, 3.63) is 59.1 Å². The number of aryl methyl sites for hydroxylation is 1. The molecule has 0 saturated carbocycles. The second-order valence-electron chi connectivity index (χ2n) is 5.58. The van der Waals surface area contributed by atoms with E-state index >= 15 is 0 Å². The van der Waals surface area contributed by atoms with E-state index in [4.69, 9.17) is 4.42 Å². The topological polar surface area (TPSA) is 88.2 Å². The number of carbonyl (C=O) groups is 1. The van der Waals surface area contributed by atoms with Crippen LogP contribution in [0.5, 0.6) is 0 Å². The van der Waals surface area contributed by atoms with Crippen molar-refractivity contribution in [1.29, 1.82) is 0 Å². The summed E-state index contributed by atoms with van der Waals surface area (Å²) >= 11 is 1.28. The molecule has 1 amide bonds. The predicted octanol–water partition coefficient (Wildman–Crippen LogP) is 2.74. The summed E-state index contributed by atoms with van der Waals surface area (Å²) in [6.45, 7) is 3.41. The zero-order valence-electron chi connectivity index (χ0n) is 13.3. The summed E-state index contributed by atoms with van der Waals surface area (Å²) in [5, 5.41) is 13.8. The lowest BCUT2D eigenvalue weighted by Crippen LogP contribution is -2.38. The third-order valence-corrected chi connectivity index (χ3v) is 4.71. The first-order chi connectivity index (χ1) is 11.5. The van der Waals surface area contributed by atoms with Crippen LogP contribution in [0.3, 0.4) is 0 Å². The highest BCUT2D eigenvalue weighted by atomic mass is 32.1. The molecule has 1 atom stereocenters. The molecule has 124 valence electrons. The smallest absolute Gasteiger partial charge is 0.263 e. The zero-order valence-corrected chi connectivity index (χ0v) is 14.1. The maximum Gasteiger partial charge on any atom is 0.263 e. The van der Waals surface area contributed by atoms with Crippen LogP contribution in [0.4, 0.5) is 0 Å². The Hall–Kier alpha value is -2.51. The van der Waals surface area contributed by atoms with Crippen LogP contribution in [0.1, 0.15) is 28.0 Å². The molecular formula is C17H17N3O3S. The van der Waals surface area contributed by atoms with Crippen LogP contribution in [0.15, 0.2) is 47.2 Å². The third kappa shape index (κ3) is 3.37. The summed E-state index contributed by atoms with van der Waals surface area (Å²) < 4.78 is 5.20. The molecule has 0 spiro atoms. The maximum absolute atomic E-state index is 12.4. The Morgan fingerprint density at radius 1 is 1.38 bits per heavy atom. The first-order valence-electron chi connectivity index (χ1n) is 7.41. The zero-order chi connectivity index (χ0) is 17.2. The van der Waals surface area contributed by atoms with E-state index in [0.717, 1.165) is 5.69 Å². The van der Waals surface area contributed by atoms with E-state index in [9.17, 15) is 9.90 Å². The van der Waals surface area contributed by atoms with Gasteiger partial charge in [0.05, 0.1) is 24.2 Å². The molecule has 3 aromatic heterocycles. The van der Waals surface area contributed by atoms with Gasteiger partial charge in [0.2, 0.25) is 0 Å². The van der Waals surface area contributed by atoms with Gasteiger partial charge in [0.25, 0.3) is 5.91 Å². The largest absolute Gasteiger partial charge is 0.466 e. The molecule has 6 nitrogen and oxygen atoms in total. The number of nitrogens with one attached hydrogen (secondary N) is 1. The molecule has 7 heteroatoms. The van der Waals surface area contributed by atoms with E-state index in [1.54, 1.807) is 32.2 Å². The van der Waals surface area contributed by atoms with Crippen molar-refractivity contribution < 1.29 is 14.3 Å². The lowest BCUT2D eigenvalue weighted by molar-refractivity contribution is 0.0331. The maximum atomic E-state index is 12.4. The van der Waals surface area contributed by atoms with Gasteiger partial charge in [0.15, 0.2) is 0 Å². The summed E-state index contributed by atoms with van der Waals surface area (Å²) in [5.41, 5.74) is 0.0877. The monoisotopic (exact) mass is 343 g/mol. The van der Waals surface area contributed by atoms with Crippen molar-refractivity contribution in [1.82, 2.24) is 15.3 Å². The number of nitrogens with zero attached hydrogens (tertiary/aromatic N) is 2. The summed E-state index contributed by atoms with van der Waals surface area (Å²) in [5.74, 6) is 0.122. The molecule has 0 radical (unpaired) electrons. The number of aliphatic hydroxyl groups is 1. The van der Waals surface area contributed by atoms with Crippen LogP contribution < -0.4 is 5.32 Å². The van der Waals surface area contributed by atoms with Crippen LogP contribution in [-0.2, 0) is 5.60 Å². The van der Waals surface area contributed by atoms with E-state index < -0.39 is 5.60 Å². The Balaban J connectivity index is 1.73. The average molecular weight is 343 g/mol. The van der Waals surface area contributed by atoms with E-state index in [2.05, 4.69) is 15.3 Å². The van der Waals surface area contributed by atoms with Crippen LogP contribution in [0, 0.1) is 6.92 Å². The summed E-state index contributed by atoms with van der Waals surface area (Å²) in [4.78, 5) is 21.6. The van der Waals surface area contributed by atoms with Gasteiger partial charge in [-0.2, -0.15) is 0 Å². The Morgan fingerprint density at radius 2 is 2.21 bits per heavy atom. The van der Waals surface area contributed by atoms with Crippen LogP contribution in [0.2, 0.25) is 0 Å². The first kappa shape index (κ1) is 16.4. The molecule has 0 bridgehead atoms. The minimum atomic E-state index is -1.28. The molecule has 24 heavy (non-hydrogen) atoms. The standard InChI is InChI=1S/C17H17N3O3S/c1-11-14(24-16(20-11)12-6-3-4-8-18-12)15(21)19-10-17(2,22)13-7-5-9-23-13/h3-9,22H,10H2,1-2H3,(H,19,21). The van der Waals surface area contributed by atoms with Crippen molar-refractivity contribution in [2.45, 2.75) is 19.4 Å². The van der Waals surface area contributed by atoms with Gasteiger partial charge < -0.3 is 14.8 Å². The minimum absolute atomic E-state index is 0.0373. The fourth-order valence-corrected chi connectivity index (χ4v) is 3.17. The first-order valence-corrected chi connectivity index (χ1v) is 8.22. The van der Waals surface area contributed by atoms with Gasteiger partial charge in [0.1, 0.15) is 21.2 Å². The SMILES string of the molecule is Cc1nc(-c2ccccn2)sc1C(=O)NCC(C)(O)c1ccco1. The third-order valence-electron chi connectivity index (χ3n) is 3.53. The van der Waals surface area contributed by atoms with E-state index in [-0.39, 0.29) is 12.5 Å². The minimum Gasteiger partial charge on any atom is -0.466 e. The Bertz CT molecular complexity index is 826. The fraction of sp³-hybridized carbons (Fsp3) is 0.235. The quantitative estimate of drug-likeness (QED) is 0.744. The van der Waals surface area contributed by atoms with Crippen LogP contribution >= 0.6 is 11.3 Å². The number of amides is 1. The highest BCUT2D eigenvalue weighted by molar-refractivity contribution is 7.17. The van der Waals surface area contributed by atoms with Gasteiger partial charge in [-0.15, -0.1) is 11.3 Å². The summed E-state index contributed by atoms with van der Waals surface area (Å²) in [6.07, 6.45) is 3.17. The number of rotatable bonds is 5. The van der Waals surface area contributed by atoms with Crippen molar-refractivity contribution in [2.75, 3.05) is 6.54 Å². The van der Waals surface area contributed by atoms with Gasteiger partial charge in [0, 0.05) is 6.20 Å². The number of furan rings is 1.